The van der Waals surface area contributed by atoms with E-state index in [2.05, 4.69) is 0 Å². The predicted molar refractivity (Wildman–Crippen MR) is 131 cm³/mol. The fourth-order valence-corrected chi connectivity index (χ4v) is 3.24. The molecule has 0 unspecified atom stereocenters. The van der Waals surface area contributed by atoms with E-state index in [1.165, 1.54) is 36.4 Å². The summed E-state index contributed by atoms with van der Waals surface area (Å²) < 4.78 is 16.5. The number of rotatable bonds is 7. The maximum absolute atomic E-state index is 12.9. The van der Waals surface area contributed by atoms with Gasteiger partial charge in [-0.25, -0.2) is 14.4 Å². The van der Waals surface area contributed by atoms with Gasteiger partial charge in [0.25, 0.3) is 5.24 Å². The van der Waals surface area contributed by atoms with Gasteiger partial charge in [-0.15, -0.1) is 0 Å². The number of ether oxygens (including phenoxy) is 3. The van der Waals surface area contributed by atoms with Crippen molar-refractivity contribution >= 4 is 34.8 Å². The van der Waals surface area contributed by atoms with Crippen molar-refractivity contribution in [3.8, 4) is 17.2 Å². The molecule has 0 aromatic heterocycles. The molecule has 0 aliphatic heterocycles. The quantitative estimate of drug-likeness (QED) is 0.182. The minimum absolute atomic E-state index is 0.150. The molecule has 0 atom stereocenters. The van der Waals surface area contributed by atoms with Crippen LogP contribution in [-0.2, 0) is 0 Å². The lowest BCUT2D eigenvalue weighted by atomic mass is 10.1. The molecule has 0 amide bonds. The van der Waals surface area contributed by atoms with Crippen molar-refractivity contribution in [2.45, 2.75) is 0 Å². The van der Waals surface area contributed by atoms with Gasteiger partial charge in [-0.3, -0.25) is 4.79 Å². The van der Waals surface area contributed by atoms with E-state index in [4.69, 9.17) is 25.8 Å². The lowest BCUT2D eigenvalue weighted by Gasteiger charge is -2.16. The molecule has 0 bridgehead atoms. The summed E-state index contributed by atoms with van der Waals surface area (Å²) in [6.07, 6.45) is 0. The highest BCUT2D eigenvalue weighted by Gasteiger charge is 2.25. The SMILES string of the molecule is O=C(Cl)c1cc(OC(=O)c2ccccc2)c(OC(=O)c2ccccc2)c(OC(=O)c2ccccc2)c1. The van der Waals surface area contributed by atoms with Gasteiger partial charge in [-0.05, 0) is 60.1 Å². The lowest BCUT2D eigenvalue weighted by Crippen LogP contribution is -2.16. The van der Waals surface area contributed by atoms with E-state index in [-0.39, 0.29) is 39.5 Å². The van der Waals surface area contributed by atoms with E-state index in [0.717, 1.165) is 12.1 Å². The van der Waals surface area contributed by atoms with E-state index in [9.17, 15) is 19.2 Å². The highest BCUT2D eigenvalue weighted by Crippen LogP contribution is 2.40. The molecule has 0 fully saturated rings. The summed E-state index contributed by atoms with van der Waals surface area (Å²) in [6.45, 7) is 0. The first-order valence-electron chi connectivity index (χ1n) is 10.6. The fourth-order valence-electron chi connectivity index (χ4n) is 3.13. The fraction of sp³-hybridized carbons (Fsp3) is 0. The average molecular weight is 501 g/mol. The van der Waals surface area contributed by atoms with Crippen LogP contribution in [0.3, 0.4) is 0 Å². The largest absolute Gasteiger partial charge is 0.419 e. The van der Waals surface area contributed by atoms with Gasteiger partial charge in [-0.1, -0.05) is 54.6 Å². The molecule has 7 nitrogen and oxygen atoms in total. The third-order valence-electron chi connectivity index (χ3n) is 4.88. The molecule has 0 saturated carbocycles. The van der Waals surface area contributed by atoms with Crippen LogP contribution in [0.4, 0.5) is 0 Å². The van der Waals surface area contributed by atoms with Crippen LogP contribution in [0.15, 0.2) is 103 Å². The Morgan fingerprint density at radius 1 is 0.472 bits per heavy atom. The van der Waals surface area contributed by atoms with E-state index < -0.39 is 23.2 Å². The van der Waals surface area contributed by atoms with Crippen molar-refractivity contribution in [3.05, 3.63) is 125 Å². The van der Waals surface area contributed by atoms with Crippen molar-refractivity contribution in [1.82, 2.24) is 0 Å². The molecule has 4 aromatic carbocycles. The topological polar surface area (TPSA) is 96.0 Å². The van der Waals surface area contributed by atoms with Crippen LogP contribution < -0.4 is 14.2 Å². The Hall–Kier alpha value is -4.75. The molecule has 0 radical (unpaired) electrons. The van der Waals surface area contributed by atoms with Crippen LogP contribution in [0.2, 0.25) is 0 Å². The standard InChI is InChI=1S/C28H17ClO7/c29-25(30)21-16-22(34-26(31)18-10-4-1-5-11-18)24(36-28(33)20-14-8-3-9-15-20)23(17-21)35-27(32)19-12-6-2-7-13-19/h1-17H. The molecule has 0 aliphatic carbocycles. The number of carbonyl (C=O) groups excluding carboxylic acids is 4. The summed E-state index contributed by atoms with van der Waals surface area (Å²) in [4.78, 5) is 50.4. The Morgan fingerprint density at radius 2 is 0.806 bits per heavy atom. The maximum atomic E-state index is 12.9. The average Bonchev–Trinajstić information content (AvgIpc) is 2.91. The smallest absolute Gasteiger partial charge is 0.343 e. The molecular weight excluding hydrogens is 484 g/mol. The Kier molecular flexibility index (Phi) is 7.53. The van der Waals surface area contributed by atoms with Crippen molar-refractivity contribution in [1.29, 1.82) is 0 Å². The number of carbonyl (C=O) groups is 4. The van der Waals surface area contributed by atoms with Gasteiger partial charge in [0.05, 0.1) is 16.7 Å². The zero-order valence-corrected chi connectivity index (χ0v) is 19.3. The second-order valence-corrected chi connectivity index (χ2v) is 7.69. The lowest BCUT2D eigenvalue weighted by molar-refractivity contribution is 0.0657. The third kappa shape index (κ3) is 5.84. The Bertz CT molecular complexity index is 1340. The Morgan fingerprint density at radius 3 is 1.14 bits per heavy atom. The predicted octanol–water partition coefficient (Wildman–Crippen LogP) is 5.72. The molecule has 0 saturated heterocycles. The maximum Gasteiger partial charge on any atom is 0.343 e. The molecule has 4 aromatic rings. The minimum Gasteiger partial charge on any atom is -0.419 e. The first-order valence-corrected chi connectivity index (χ1v) is 11.0. The van der Waals surface area contributed by atoms with Crippen LogP contribution >= 0.6 is 11.6 Å². The van der Waals surface area contributed by atoms with Gasteiger partial charge >= 0.3 is 17.9 Å². The van der Waals surface area contributed by atoms with Crippen LogP contribution in [0.1, 0.15) is 41.4 Å². The molecule has 0 heterocycles. The summed E-state index contributed by atoms with van der Waals surface area (Å²) in [6, 6.07) is 26.4. The van der Waals surface area contributed by atoms with E-state index in [1.807, 2.05) is 0 Å². The number of hydrogen-bond acceptors (Lipinski definition) is 7. The van der Waals surface area contributed by atoms with Crippen molar-refractivity contribution in [3.63, 3.8) is 0 Å². The summed E-state index contributed by atoms with van der Waals surface area (Å²) in [5.74, 6) is -3.46. The molecule has 0 spiro atoms. The molecular formula is C28H17ClO7. The normalized spacial score (nSPS) is 10.2. The van der Waals surface area contributed by atoms with Gasteiger partial charge in [0.1, 0.15) is 0 Å². The zero-order chi connectivity index (χ0) is 25.5. The summed E-state index contributed by atoms with van der Waals surface area (Å²) in [5, 5.41) is -0.912. The molecule has 36 heavy (non-hydrogen) atoms. The van der Waals surface area contributed by atoms with E-state index in [1.54, 1.807) is 54.6 Å². The molecule has 4 rings (SSSR count). The van der Waals surface area contributed by atoms with Crippen LogP contribution in [0.25, 0.3) is 0 Å². The number of benzene rings is 4. The van der Waals surface area contributed by atoms with Gasteiger partial charge in [0.15, 0.2) is 11.5 Å². The molecule has 0 N–H and O–H groups in total. The van der Waals surface area contributed by atoms with E-state index in [0.29, 0.717) is 0 Å². The zero-order valence-electron chi connectivity index (χ0n) is 18.6. The van der Waals surface area contributed by atoms with E-state index >= 15 is 0 Å². The van der Waals surface area contributed by atoms with Gasteiger partial charge in [0, 0.05) is 5.56 Å². The summed E-state index contributed by atoms with van der Waals surface area (Å²) >= 11 is 5.68. The van der Waals surface area contributed by atoms with Gasteiger partial charge < -0.3 is 14.2 Å². The first-order chi connectivity index (χ1) is 17.4. The van der Waals surface area contributed by atoms with Crippen molar-refractivity contribution in [2.75, 3.05) is 0 Å². The number of halogens is 1. The first kappa shape index (κ1) is 24.4. The highest BCUT2D eigenvalue weighted by molar-refractivity contribution is 6.67. The second-order valence-electron chi connectivity index (χ2n) is 7.34. The van der Waals surface area contributed by atoms with Crippen molar-refractivity contribution in [2.24, 2.45) is 0 Å². The summed E-state index contributed by atoms with van der Waals surface area (Å²) in [7, 11) is 0. The van der Waals surface area contributed by atoms with Crippen LogP contribution in [0.5, 0.6) is 17.2 Å². The third-order valence-corrected chi connectivity index (χ3v) is 5.09. The second kappa shape index (κ2) is 11.1. The Balaban J connectivity index is 1.79. The van der Waals surface area contributed by atoms with Gasteiger partial charge in [-0.2, -0.15) is 0 Å². The Labute approximate surface area is 210 Å². The number of esters is 3. The monoisotopic (exact) mass is 500 g/mol. The van der Waals surface area contributed by atoms with Crippen molar-refractivity contribution < 1.29 is 33.4 Å². The van der Waals surface area contributed by atoms with Crippen LogP contribution in [0, 0.1) is 0 Å². The molecule has 0 aliphatic rings. The molecule has 178 valence electrons. The summed E-state index contributed by atoms with van der Waals surface area (Å²) in [5.41, 5.74) is 0.435. The highest BCUT2D eigenvalue weighted by atomic mass is 35.5. The minimum atomic E-state index is -0.912. The molecule has 8 heteroatoms. The van der Waals surface area contributed by atoms with Crippen LogP contribution in [-0.4, -0.2) is 23.2 Å². The number of hydrogen-bond donors (Lipinski definition) is 0. The van der Waals surface area contributed by atoms with Gasteiger partial charge in [0.2, 0.25) is 5.75 Å².